The van der Waals surface area contributed by atoms with Crippen LogP contribution < -0.4 is 20.7 Å². The minimum atomic E-state index is -0.232. The lowest BCUT2D eigenvalue weighted by Gasteiger charge is -2.23. The van der Waals surface area contributed by atoms with Crippen molar-refractivity contribution >= 4 is 28.2 Å². The number of carbonyl (C=O) groups is 1. The zero-order chi connectivity index (χ0) is 19.9. The van der Waals surface area contributed by atoms with Crippen LogP contribution >= 0.6 is 11.3 Å². The maximum atomic E-state index is 11.7. The number of aryl methyl sites for hydroxylation is 1. The maximum absolute atomic E-state index is 11.7. The molecule has 0 saturated heterocycles. The van der Waals surface area contributed by atoms with Gasteiger partial charge in [-0.25, -0.2) is 9.97 Å². The number of likely N-dealkylation sites (N-methyl/N-ethyl adjacent to an activating group) is 1. The van der Waals surface area contributed by atoms with Crippen LogP contribution in [0.3, 0.4) is 0 Å². The van der Waals surface area contributed by atoms with Crippen LogP contribution in [0.2, 0.25) is 0 Å². The number of nitrogens with zero attached hydrogens (tertiary/aromatic N) is 3. The summed E-state index contributed by atoms with van der Waals surface area (Å²) in [5.74, 6) is 2.47. The Hall–Kier alpha value is -2.26. The van der Waals surface area contributed by atoms with Crippen molar-refractivity contribution in [1.82, 2.24) is 25.6 Å². The van der Waals surface area contributed by atoms with Crippen molar-refractivity contribution in [3.05, 3.63) is 23.0 Å². The van der Waals surface area contributed by atoms with E-state index in [2.05, 4.69) is 30.9 Å². The van der Waals surface area contributed by atoms with Crippen molar-refractivity contribution in [2.24, 2.45) is 0 Å². The van der Waals surface area contributed by atoms with Crippen LogP contribution in [0.4, 0.5) is 10.9 Å². The number of hydrogen-bond acceptors (Lipinski definition) is 8. The summed E-state index contributed by atoms with van der Waals surface area (Å²) in [5, 5.41) is 9.82. The van der Waals surface area contributed by atoms with Crippen LogP contribution in [-0.2, 0) is 11.2 Å². The van der Waals surface area contributed by atoms with Crippen LogP contribution in [0.15, 0.2) is 12.3 Å². The topological polar surface area (TPSA) is 101 Å². The molecule has 1 aliphatic carbocycles. The van der Waals surface area contributed by atoms with E-state index in [1.165, 1.54) is 24.1 Å². The van der Waals surface area contributed by atoms with Crippen molar-refractivity contribution < 1.29 is 9.53 Å². The summed E-state index contributed by atoms with van der Waals surface area (Å²) in [4.78, 5) is 26.5. The molecular weight excluding hydrogens is 376 g/mol. The molecule has 0 aromatic carbocycles. The minimum absolute atomic E-state index is 0.0589. The number of nitrogens with one attached hydrogen (secondary N) is 3. The summed E-state index contributed by atoms with van der Waals surface area (Å²) in [6, 6.07) is 1.53. The smallest absolute Gasteiger partial charge is 0.236 e. The highest BCUT2D eigenvalue weighted by atomic mass is 32.1. The van der Waals surface area contributed by atoms with Gasteiger partial charge in [0.2, 0.25) is 11.8 Å². The number of rotatable bonds is 10. The first-order chi connectivity index (χ1) is 13.6. The van der Waals surface area contributed by atoms with Gasteiger partial charge in [0, 0.05) is 23.6 Å². The molecule has 1 atom stereocenters. The second-order valence-electron chi connectivity index (χ2n) is 6.83. The number of aromatic nitrogens is 3. The van der Waals surface area contributed by atoms with E-state index in [1.54, 1.807) is 31.4 Å². The monoisotopic (exact) mass is 404 g/mol. The molecule has 1 fully saturated rings. The van der Waals surface area contributed by atoms with Crippen molar-refractivity contribution in [1.29, 1.82) is 0 Å². The average molecular weight is 405 g/mol. The lowest BCUT2D eigenvalue weighted by Crippen LogP contribution is -2.41. The van der Waals surface area contributed by atoms with Crippen molar-refractivity contribution in [2.45, 2.75) is 51.5 Å². The summed E-state index contributed by atoms with van der Waals surface area (Å²) >= 11 is 1.68. The Morgan fingerprint density at radius 3 is 2.89 bits per heavy atom. The zero-order valence-electron chi connectivity index (χ0n) is 16.6. The van der Waals surface area contributed by atoms with Crippen LogP contribution in [-0.4, -0.2) is 47.1 Å². The van der Waals surface area contributed by atoms with E-state index < -0.39 is 0 Å². The van der Waals surface area contributed by atoms with Gasteiger partial charge in [-0.1, -0.05) is 13.3 Å². The van der Waals surface area contributed by atoms with Gasteiger partial charge < -0.3 is 20.7 Å². The molecule has 0 aliphatic heterocycles. The SMILES string of the molecule is CCc1nc(Nc2ncc(C3CCC3)s2)cc(OCCNC(=O)[C@H](C)NC)n1. The molecule has 2 aromatic rings. The van der Waals surface area contributed by atoms with E-state index in [1.807, 2.05) is 13.1 Å². The quantitative estimate of drug-likeness (QED) is 0.523. The number of ether oxygens (including phenoxy) is 1. The van der Waals surface area contributed by atoms with E-state index in [0.717, 1.165) is 5.13 Å². The van der Waals surface area contributed by atoms with Gasteiger partial charge in [0.05, 0.1) is 12.6 Å². The highest BCUT2D eigenvalue weighted by Gasteiger charge is 2.22. The summed E-state index contributed by atoms with van der Waals surface area (Å²) in [6.07, 6.45) is 6.50. The molecule has 8 nitrogen and oxygen atoms in total. The predicted molar refractivity (Wildman–Crippen MR) is 110 cm³/mol. The van der Waals surface area contributed by atoms with Gasteiger partial charge in [-0.05, 0) is 32.7 Å². The maximum Gasteiger partial charge on any atom is 0.236 e. The molecule has 0 unspecified atom stereocenters. The number of hydrogen-bond donors (Lipinski definition) is 3. The predicted octanol–water partition coefficient (Wildman–Crippen LogP) is 2.61. The van der Waals surface area contributed by atoms with E-state index in [4.69, 9.17) is 4.74 Å². The van der Waals surface area contributed by atoms with Crippen molar-refractivity contribution in [2.75, 3.05) is 25.5 Å². The molecule has 1 aliphatic rings. The van der Waals surface area contributed by atoms with E-state index >= 15 is 0 Å². The Morgan fingerprint density at radius 2 is 2.21 bits per heavy atom. The fraction of sp³-hybridized carbons (Fsp3) is 0.579. The number of amides is 1. The Bertz CT molecular complexity index is 792. The third-order valence-corrected chi connectivity index (χ3v) is 5.88. The fourth-order valence-electron chi connectivity index (χ4n) is 2.72. The molecule has 0 bridgehead atoms. The van der Waals surface area contributed by atoms with Gasteiger partial charge in [-0.3, -0.25) is 4.79 Å². The number of thiazole rings is 1. The molecular formula is C19H28N6O2S. The van der Waals surface area contributed by atoms with Crippen LogP contribution in [0.5, 0.6) is 5.88 Å². The number of carbonyl (C=O) groups excluding carboxylic acids is 1. The summed E-state index contributed by atoms with van der Waals surface area (Å²) in [5.41, 5.74) is 0. The summed E-state index contributed by atoms with van der Waals surface area (Å²) in [7, 11) is 1.75. The molecule has 152 valence electrons. The minimum Gasteiger partial charge on any atom is -0.476 e. The van der Waals surface area contributed by atoms with Crippen LogP contribution in [0.1, 0.15) is 49.7 Å². The molecule has 3 N–H and O–H groups in total. The average Bonchev–Trinajstić information content (AvgIpc) is 3.10. The van der Waals surface area contributed by atoms with E-state index in [-0.39, 0.29) is 11.9 Å². The third kappa shape index (κ3) is 5.39. The van der Waals surface area contributed by atoms with E-state index in [9.17, 15) is 4.79 Å². The Balaban J connectivity index is 1.57. The second kappa shape index (κ2) is 9.79. The Labute approximate surface area is 169 Å². The molecule has 2 aromatic heterocycles. The lowest BCUT2D eigenvalue weighted by atomic mass is 9.85. The summed E-state index contributed by atoms with van der Waals surface area (Å²) < 4.78 is 5.72. The van der Waals surface area contributed by atoms with Gasteiger partial charge in [-0.2, -0.15) is 4.98 Å². The molecule has 1 amide bonds. The second-order valence-corrected chi connectivity index (χ2v) is 7.89. The fourth-order valence-corrected chi connectivity index (χ4v) is 3.71. The first kappa shape index (κ1) is 20.5. The molecule has 0 radical (unpaired) electrons. The largest absolute Gasteiger partial charge is 0.476 e. The van der Waals surface area contributed by atoms with Gasteiger partial charge >= 0.3 is 0 Å². The van der Waals surface area contributed by atoms with Gasteiger partial charge in [0.25, 0.3) is 0 Å². The van der Waals surface area contributed by atoms with E-state index in [0.29, 0.717) is 43.0 Å². The Morgan fingerprint density at radius 1 is 1.39 bits per heavy atom. The third-order valence-electron chi connectivity index (χ3n) is 4.81. The molecule has 1 saturated carbocycles. The first-order valence-electron chi connectivity index (χ1n) is 9.77. The zero-order valence-corrected chi connectivity index (χ0v) is 17.4. The first-order valence-corrected chi connectivity index (χ1v) is 10.6. The van der Waals surface area contributed by atoms with Crippen molar-refractivity contribution in [3.8, 4) is 5.88 Å². The summed E-state index contributed by atoms with van der Waals surface area (Å²) in [6.45, 7) is 4.56. The van der Waals surface area contributed by atoms with Crippen molar-refractivity contribution in [3.63, 3.8) is 0 Å². The molecule has 2 heterocycles. The highest BCUT2D eigenvalue weighted by molar-refractivity contribution is 7.15. The van der Waals surface area contributed by atoms with Crippen LogP contribution in [0.25, 0.3) is 0 Å². The molecule has 3 rings (SSSR count). The van der Waals surface area contributed by atoms with Crippen LogP contribution in [0, 0.1) is 0 Å². The highest BCUT2D eigenvalue weighted by Crippen LogP contribution is 2.40. The number of anilines is 2. The molecule has 0 spiro atoms. The standard InChI is InChI=1S/C19H28N6O2S/c1-4-15-23-16(25-19-22-11-14(28-19)13-6-5-7-13)10-17(24-15)27-9-8-21-18(26)12(2)20-3/h10-13,20H,4-9H2,1-3H3,(H,21,26)(H,22,23,24,25)/t12-/m0/s1. The molecule has 9 heteroatoms. The lowest BCUT2D eigenvalue weighted by molar-refractivity contribution is -0.122. The van der Waals surface area contributed by atoms with Gasteiger partial charge in [-0.15, -0.1) is 11.3 Å². The van der Waals surface area contributed by atoms with Gasteiger partial charge in [0.1, 0.15) is 18.2 Å². The normalized spacial score (nSPS) is 15.0. The van der Waals surface area contributed by atoms with Gasteiger partial charge in [0.15, 0.2) is 5.13 Å². The Kier molecular flexibility index (Phi) is 7.16. The molecule has 28 heavy (non-hydrogen) atoms.